The number of unbranched alkanes of at least 4 members (excludes halogenated alkanes) is 2. The number of hydrogen-bond acceptors (Lipinski definition) is 3. The Morgan fingerprint density at radius 1 is 1.21 bits per heavy atom. The van der Waals surface area contributed by atoms with Crippen LogP contribution in [0.4, 0.5) is 4.79 Å². The molecule has 0 aliphatic carbocycles. The van der Waals surface area contributed by atoms with Gasteiger partial charge in [0.15, 0.2) is 0 Å². The van der Waals surface area contributed by atoms with E-state index in [2.05, 4.69) is 25.5 Å². The summed E-state index contributed by atoms with van der Waals surface area (Å²) in [6, 6.07) is 0. The molecule has 14 heavy (non-hydrogen) atoms. The van der Waals surface area contributed by atoms with Crippen molar-refractivity contribution in [3.05, 3.63) is 0 Å². The van der Waals surface area contributed by atoms with E-state index < -0.39 is 0 Å². The zero-order chi connectivity index (χ0) is 10.1. The molecule has 0 aliphatic rings. The van der Waals surface area contributed by atoms with Crippen LogP contribution in [-0.4, -0.2) is 23.2 Å². The van der Waals surface area contributed by atoms with Gasteiger partial charge in [0, 0.05) is 41.0 Å². The van der Waals surface area contributed by atoms with Gasteiger partial charge in [-0.25, -0.2) is 0 Å². The van der Waals surface area contributed by atoms with Crippen molar-refractivity contribution in [2.24, 2.45) is 0 Å². The molecule has 0 aromatic heterocycles. The fourth-order valence-corrected chi connectivity index (χ4v) is 1.69. The largest absolute Gasteiger partial charge is 0.333 e. The minimum atomic E-state index is 0. The van der Waals surface area contributed by atoms with Gasteiger partial charge in [-0.3, -0.25) is 4.79 Å². The van der Waals surface area contributed by atoms with Crippen molar-refractivity contribution in [2.45, 2.75) is 39.5 Å². The van der Waals surface area contributed by atoms with Crippen LogP contribution in [0.25, 0.3) is 0 Å². The average Bonchev–Trinajstić information content (AvgIpc) is 2.17. The quantitative estimate of drug-likeness (QED) is 0.457. The maximum Gasteiger partial charge on any atom is 0.292 e. The molecule has 0 saturated heterocycles. The Labute approximate surface area is 107 Å². The van der Waals surface area contributed by atoms with Gasteiger partial charge in [-0.05, 0) is 12.8 Å². The zero-order valence-electron chi connectivity index (χ0n) is 8.76. The standard InChI is InChI=1S/C9H19NOS2.Cu/c1-3-5-7-10(8-6-4-2)9(11)13-12;/h12H,3-8H2,1-2H3;. The topological polar surface area (TPSA) is 20.3 Å². The summed E-state index contributed by atoms with van der Waals surface area (Å²) in [5.41, 5.74) is 0. The van der Waals surface area contributed by atoms with Crippen molar-refractivity contribution >= 4 is 27.7 Å². The molecule has 0 bridgehead atoms. The molecule has 0 spiro atoms. The minimum Gasteiger partial charge on any atom is -0.333 e. The van der Waals surface area contributed by atoms with Crippen LogP contribution in [0, 0.1) is 0 Å². The van der Waals surface area contributed by atoms with Crippen LogP contribution < -0.4 is 0 Å². The molecular formula is C9H19CuNOS2. The normalized spacial score (nSPS) is 9.36. The van der Waals surface area contributed by atoms with E-state index in [0.29, 0.717) is 0 Å². The minimum absolute atomic E-state index is 0. The van der Waals surface area contributed by atoms with E-state index in [9.17, 15) is 4.79 Å². The van der Waals surface area contributed by atoms with E-state index in [4.69, 9.17) is 0 Å². The molecule has 89 valence electrons. The van der Waals surface area contributed by atoms with E-state index in [1.165, 1.54) is 0 Å². The predicted octanol–water partition coefficient (Wildman–Crippen LogP) is 3.58. The van der Waals surface area contributed by atoms with Gasteiger partial charge < -0.3 is 4.90 Å². The Morgan fingerprint density at radius 3 is 1.93 bits per heavy atom. The number of carbonyl (C=O) groups excluding carboxylic acids is 1. The van der Waals surface area contributed by atoms with Crippen LogP contribution >= 0.6 is 22.5 Å². The van der Waals surface area contributed by atoms with Crippen molar-refractivity contribution in [3.8, 4) is 0 Å². The molecule has 0 atom stereocenters. The maximum absolute atomic E-state index is 11.3. The number of carbonyl (C=O) groups is 1. The van der Waals surface area contributed by atoms with Crippen LogP contribution in [0.1, 0.15) is 39.5 Å². The second kappa shape index (κ2) is 11.8. The van der Waals surface area contributed by atoms with E-state index in [1.54, 1.807) is 0 Å². The number of rotatable bonds is 6. The summed E-state index contributed by atoms with van der Waals surface area (Å²) < 4.78 is 0. The van der Waals surface area contributed by atoms with Crippen molar-refractivity contribution in [1.82, 2.24) is 4.90 Å². The van der Waals surface area contributed by atoms with Gasteiger partial charge in [0.25, 0.3) is 5.24 Å². The van der Waals surface area contributed by atoms with Gasteiger partial charge in [0.2, 0.25) is 0 Å². The predicted molar refractivity (Wildman–Crippen MR) is 63.4 cm³/mol. The molecule has 0 aliphatic heterocycles. The van der Waals surface area contributed by atoms with Crippen molar-refractivity contribution in [1.29, 1.82) is 0 Å². The fraction of sp³-hybridized carbons (Fsp3) is 0.889. The first-order chi connectivity index (χ1) is 6.26. The monoisotopic (exact) mass is 284 g/mol. The Hall–Kier alpha value is 0.689. The molecule has 5 heteroatoms. The number of thiol groups is 1. The number of hydrogen-bond donors (Lipinski definition) is 1. The number of amides is 1. The second-order valence-corrected chi connectivity index (χ2v) is 4.13. The van der Waals surface area contributed by atoms with Crippen molar-refractivity contribution in [2.75, 3.05) is 13.1 Å². The number of nitrogens with zero attached hydrogens (tertiary/aromatic N) is 1. The van der Waals surface area contributed by atoms with E-state index in [0.717, 1.165) is 49.6 Å². The third-order valence-electron chi connectivity index (χ3n) is 1.90. The first-order valence-corrected chi connectivity index (χ1v) is 6.73. The maximum atomic E-state index is 11.3. The summed E-state index contributed by atoms with van der Waals surface area (Å²) in [7, 11) is 1.02. The van der Waals surface area contributed by atoms with Gasteiger partial charge in [0.05, 0.1) is 0 Å². The molecule has 0 fully saturated rings. The van der Waals surface area contributed by atoms with Gasteiger partial charge in [-0.1, -0.05) is 26.7 Å². The molecular weight excluding hydrogens is 266 g/mol. The summed E-state index contributed by atoms with van der Waals surface area (Å²) in [6.07, 6.45) is 4.44. The summed E-state index contributed by atoms with van der Waals surface area (Å²) in [5, 5.41) is 0.0882. The van der Waals surface area contributed by atoms with Crippen LogP contribution in [-0.2, 0) is 17.1 Å². The smallest absolute Gasteiger partial charge is 0.292 e. The Bertz CT molecular complexity index is 139. The summed E-state index contributed by atoms with van der Waals surface area (Å²) in [6.45, 7) is 6.03. The van der Waals surface area contributed by atoms with Crippen LogP contribution in [0.2, 0.25) is 0 Å². The van der Waals surface area contributed by atoms with Crippen LogP contribution in [0.3, 0.4) is 0 Å². The molecule has 0 rings (SSSR count). The van der Waals surface area contributed by atoms with E-state index in [1.807, 2.05) is 4.90 Å². The van der Waals surface area contributed by atoms with Crippen molar-refractivity contribution in [3.63, 3.8) is 0 Å². The first-order valence-electron chi connectivity index (χ1n) is 4.86. The molecule has 0 saturated carbocycles. The van der Waals surface area contributed by atoms with Gasteiger partial charge in [-0.15, -0.1) is 11.7 Å². The van der Waals surface area contributed by atoms with Crippen molar-refractivity contribution < 1.29 is 21.9 Å². The second-order valence-electron chi connectivity index (χ2n) is 3.05. The van der Waals surface area contributed by atoms with E-state index >= 15 is 0 Å². The molecule has 0 N–H and O–H groups in total. The third kappa shape index (κ3) is 8.04. The summed E-state index contributed by atoms with van der Waals surface area (Å²) in [5.74, 6) is 0. The van der Waals surface area contributed by atoms with Gasteiger partial charge >= 0.3 is 0 Å². The molecule has 0 heterocycles. The summed E-state index contributed by atoms with van der Waals surface area (Å²) in [4.78, 5) is 13.2. The molecule has 1 amide bonds. The van der Waals surface area contributed by atoms with Gasteiger partial charge in [-0.2, -0.15) is 0 Å². The first kappa shape index (κ1) is 17.1. The SMILES string of the molecule is CCCCN(CCCC)C(=O)SS.[Cu]. The van der Waals surface area contributed by atoms with Crippen LogP contribution in [0.5, 0.6) is 0 Å². The van der Waals surface area contributed by atoms with Crippen LogP contribution in [0.15, 0.2) is 0 Å². The molecule has 0 aromatic carbocycles. The molecule has 2 nitrogen and oxygen atoms in total. The third-order valence-corrected chi connectivity index (χ3v) is 2.78. The zero-order valence-corrected chi connectivity index (χ0v) is 11.4. The Balaban J connectivity index is 0. The Morgan fingerprint density at radius 2 is 1.64 bits per heavy atom. The fourth-order valence-electron chi connectivity index (χ4n) is 1.05. The molecule has 1 radical (unpaired) electrons. The molecule has 0 unspecified atom stereocenters. The van der Waals surface area contributed by atoms with Gasteiger partial charge in [0.1, 0.15) is 0 Å². The average molecular weight is 285 g/mol. The Kier molecular flexibility index (Phi) is 14.4. The molecule has 0 aromatic rings. The summed E-state index contributed by atoms with van der Waals surface area (Å²) >= 11 is 3.92. The van der Waals surface area contributed by atoms with E-state index in [-0.39, 0.29) is 22.3 Å².